The molecule has 0 unspecified atom stereocenters. The van der Waals surface area contributed by atoms with E-state index in [2.05, 4.69) is 22.5 Å². The Balaban J connectivity index is 3.62. The molecule has 0 fully saturated rings. The minimum Gasteiger partial charge on any atom is -0.356 e. The zero-order valence-electron chi connectivity index (χ0n) is 8.07. The molecule has 0 bridgehead atoms. The van der Waals surface area contributed by atoms with Crippen molar-refractivity contribution in [2.24, 2.45) is 4.99 Å². The van der Waals surface area contributed by atoms with E-state index in [4.69, 9.17) is 5.41 Å². The van der Waals surface area contributed by atoms with E-state index >= 15 is 0 Å². The molecule has 0 aliphatic rings. The SMILES string of the molecule is CCCCN/C(=N\C)NC(C)=N. The van der Waals surface area contributed by atoms with Crippen LogP contribution in [0.15, 0.2) is 4.99 Å². The molecule has 0 amide bonds. The van der Waals surface area contributed by atoms with Gasteiger partial charge >= 0.3 is 0 Å². The van der Waals surface area contributed by atoms with Crippen molar-refractivity contribution in [1.29, 1.82) is 5.41 Å². The van der Waals surface area contributed by atoms with E-state index in [9.17, 15) is 0 Å². The van der Waals surface area contributed by atoms with Gasteiger partial charge in [0.2, 0.25) is 0 Å². The van der Waals surface area contributed by atoms with Gasteiger partial charge in [-0.2, -0.15) is 0 Å². The van der Waals surface area contributed by atoms with E-state index < -0.39 is 0 Å². The van der Waals surface area contributed by atoms with Crippen molar-refractivity contribution < 1.29 is 0 Å². The second-order valence-corrected chi connectivity index (χ2v) is 2.60. The molecule has 0 aromatic rings. The lowest BCUT2D eigenvalue weighted by Crippen LogP contribution is -2.39. The van der Waals surface area contributed by atoms with Gasteiger partial charge in [0.05, 0.1) is 5.84 Å². The average molecular weight is 170 g/mol. The Hall–Kier alpha value is -1.06. The van der Waals surface area contributed by atoms with Crippen molar-refractivity contribution in [2.75, 3.05) is 13.6 Å². The highest BCUT2D eigenvalue weighted by atomic mass is 15.2. The maximum absolute atomic E-state index is 7.18. The predicted molar refractivity (Wildman–Crippen MR) is 52.8 cm³/mol. The van der Waals surface area contributed by atoms with Gasteiger partial charge in [0.1, 0.15) is 0 Å². The van der Waals surface area contributed by atoms with Crippen LogP contribution in [0, 0.1) is 5.41 Å². The third kappa shape index (κ3) is 5.70. The minimum absolute atomic E-state index is 0.402. The Morgan fingerprint density at radius 1 is 1.50 bits per heavy atom. The molecule has 4 heteroatoms. The first-order valence-electron chi connectivity index (χ1n) is 4.23. The summed E-state index contributed by atoms with van der Waals surface area (Å²) in [6, 6.07) is 0. The molecule has 12 heavy (non-hydrogen) atoms. The van der Waals surface area contributed by atoms with Gasteiger partial charge in [-0.25, -0.2) is 0 Å². The highest BCUT2D eigenvalue weighted by molar-refractivity contribution is 5.97. The summed E-state index contributed by atoms with van der Waals surface area (Å²) in [5, 5.41) is 13.1. The van der Waals surface area contributed by atoms with Crippen LogP contribution in [0.2, 0.25) is 0 Å². The minimum atomic E-state index is 0.402. The Labute approximate surface area is 74.0 Å². The van der Waals surface area contributed by atoms with E-state index in [0.717, 1.165) is 19.4 Å². The number of aliphatic imine (C=N–C) groups is 1. The van der Waals surface area contributed by atoms with Gasteiger partial charge in [-0.1, -0.05) is 13.3 Å². The quantitative estimate of drug-likeness (QED) is 0.335. The lowest BCUT2D eigenvalue weighted by molar-refractivity contribution is 0.746. The highest BCUT2D eigenvalue weighted by Crippen LogP contribution is 1.82. The maximum Gasteiger partial charge on any atom is 0.196 e. The van der Waals surface area contributed by atoms with Gasteiger partial charge in [0.25, 0.3) is 0 Å². The Morgan fingerprint density at radius 2 is 2.17 bits per heavy atom. The molecule has 0 saturated heterocycles. The molecule has 0 aromatic carbocycles. The van der Waals surface area contributed by atoms with Crippen molar-refractivity contribution in [2.45, 2.75) is 26.7 Å². The van der Waals surface area contributed by atoms with Gasteiger partial charge in [-0.3, -0.25) is 10.4 Å². The molecule has 0 rings (SSSR count). The van der Waals surface area contributed by atoms with Crippen LogP contribution in [0.25, 0.3) is 0 Å². The zero-order chi connectivity index (χ0) is 9.40. The second kappa shape index (κ2) is 6.64. The lowest BCUT2D eigenvalue weighted by atomic mass is 10.3. The number of unbranched alkanes of at least 4 members (excludes halogenated alkanes) is 1. The molecule has 70 valence electrons. The molecular formula is C8H18N4. The molecule has 0 aliphatic carbocycles. The Morgan fingerprint density at radius 3 is 2.58 bits per heavy atom. The molecule has 0 aliphatic heterocycles. The molecule has 0 saturated carbocycles. The van der Waals surface area contributed by atoms with E-state index in [1.807, 2.05) is 0 Å². The molecule has 3 N–H and O–H groups in total. The van der Waals surface area contributed by atoms with Crippen LogP contribution in [-0.4, -0.2) is 25.4 Å². The molecule has 0 spiro atoms. The number of nitrogens with zero attached hydrogens (tertiary/aromatic N) is 1. The summed E-state index contributed by atoms with van der Waals surface area (Å²) in [4.78, 5) is 3.95. The van der Waals surface area contributed by atoms with Crippen LogP contribution in [0.1, 0.15) is 26.7 Å². The Kier molecular flexibility index (Phi) is 6.05. The van der Waals surface area contributed by atoms with Crippen LogP contribution < -0.4 is 10.6 Å². The summed E-state index contributed by atoms with van der Waals surface area (Å²) in [6.07, 6.45) is 2.28. The van der Waals surface area contributed by atoms with Crippen molar-refractivity contribution in [3.63, 3.8) is 0 Å². The van der Waals surface area contributed by atoms with Gasteiger partial charge in [-0.15, -0.1) is 0 Å². The monoisotopic (exact) mass is 170 g/mol. The third-order valence-electron chi connectivity index (χ3n) is 1.35. The van der Waals surface area contributed by atoms with E-state index in [-0.39, 0.29) is 0 Å². The number of guanidine groups is 1. The van der Waals surface area contributed by atoms with Crippen LogP contribution >= 0.6 is 0 Å². The van der Waals surface area contributed by atoms with E-state index in [0.29, 0.717) is 11.8 Å². The highest BCUT2D eigenvalue weighted by Gasteiger charge is 1.94. The zero-order valence-corrected chi connectivity index (χ0v) is 8.07. The fourth-order valence-electron chi connectivity index (χ4n) is 0.740. The van der Waals surface area contributed by atoms with E-state index in [1.165, 1.54) is 0 Å². The molecule has 0 aromatic heterocycles. The average Bonchev–Trinajstić information content (AvgIpc) is 2.02. The first kappa shape index (κ1) is 10.9. The molecule has 0 radical (unpaired) electrons. The fourth-order valence-corrected chi connectivity index (χ4v) is 0.740. The second-order valence-electron chi connectivity index (χ2n) is 2.60. The Bertz CT molecular complexity index is 162. The maximum atomic E-state index is 7.18. The molecule has 0 atom stereocenters. The number of nitrogens with one attached hydrogen (secondary N) is 3. The van der Waals surface area contributed by atoms with Crippen LogP contribution in [0.5, 0.6) is 0 Å². The third-order valence-corrected chi connectivity index (χ3v) is 1.35. The van der Waals surface area contributed by atoms with Gasteiger partial charge in [-0.05, 0) is 13.3 Å². The van der Waals surface area contributed by atoms with Crippen molar-refractivity contribution in [3.8, 4) is 0 Å². The summed E-state index contributed by atoms with van der Waals surface area (Å²) in [7, 11) is 1.70. The largest absolute Gasteiger partial charge is 0.356 e. The van der Waals surface area contributed by atoms with Crippen molar-refractivity contribution >= 4 is 11.8 Å². The van der Waals surface area contributed by atoms with Gasteiger partial charge in [0, 0.05) is 13.6 Å². The molecule has 4 nitrogen and oxygen atoms in total. The summed E-state index contributed by atoms with van der Waals surface area (Å²) in [6.45, 7) is 4.73. The summed E-state index contributed by atoms with van der Waals surface area (Å²) < 4.78 is 0. The fraction of sp³-hybridized carbons (Fsp3) is 0.750. The van der Waals surface area contributed by atoms with Crippen LogP contribution in [0.4, 0.5) is 0 Å². The van der Waals surface area contributed by atoms with Gasteiger partial charge in [0.15, 0.2) is 5.96 Å². The first-order valence-corrected chi connectivity index (χ1v) is 4.23. The topological polar surface area (TPSA) is 60.3 Å². The standard InChI is InChI=1S/C8H18N4/c1-4-5-6-11-8(10-3)12-7(2)9/h4-6H2,1-3H3,(H3,9,10,11,12). The number of rotatable bonds is 3. The molecule has 0 heterocycles. The van der Waals surface area contributed by atoms with Crippen LogP contribution in [-0.2, 0) is 0 Å². The number of amidine groups is 1. The lowest BCUT2D eigenvalue weighted by Gasteiger charge is -2.09. The smallest absolute Gasteiger partial charge is 0.196 e. The summed E-state index contributed by atoms with van der Waals surface area (Å²) >= 11 is 0. The van der Waals surface area contributed by atoms with Gasteiger partial charge < -0.3 is 10.6 Å². The number of hydrogen-bond donors (Lipinski definition) is 3. The summed E-state index contributed by atoms with van der Waals surface area (Å²) in [5.74, 6) is 1.08. The summed E-state index contributed by atoms with van der Waals surface area (Å²) in [5.41, 5.74) is 0. The van der Waals surface area contributed by atoms with Crippen LogP contribution in [0.3, 0.4) is 0 Å². The van der Waals surface area contributed by atoms with Crippen molar-refractivity contribution in [3.05, 3.63) is 0 Å². The molecular weight excluding hydrogens is 152 g/mol. The predicted octanol–water partition coefficient (Wildman–Crippen LogP) is 0.949. The normalized spacial score (nSPS) is 11.1. The van der Waals surface area contributed by atoms with Crippen molar-refractivity contribution in [1.82, 2.24) is 10.6 Å². The van der Waals surface area contributed by atoms with E-state index in [1.54, 1.807) is 14.0 Å². The first-order chi connectivity index (χ1) is 5.70. The number of hydrogen-bond acceptors (Lipinski definition) is 2.